The van der Waals surface area contributed by atoms with Gasteiger partial charge in [-0.1, -0.05) is 6.92 Å². The average Bonchev–Trinajstić information content (AvgIpc) is 2.47. The molecule has 1 fully saturated rings. The molecule has 1 aromatic rings. The highest BCUT2D eigenvalue weighted by molar-refractivity contribution is 5.97. The molecular weight excluding hydrogens is 274 g/mol. The van der Waals surface area contributed by atoms with Crippen LogP contribution in [0.3, 0.4) is 0 Å². The van der Waals surface area contributed by atoms with Gasteiger partial charge in [-0.05, 0) is 25.5 Å². The first-order chi connectivity index (χ1) is 10.0. The van der Waals surface area contributed by atoms with Crippen molar-refractivity contribution in [3.05, 3.63) is 35.4 Å². The van der Waals surface area contributed by atoms with Gasteiger partial charge in [0.2, 0.25) is 0 Å². The molecule has 1 atom stereocenters. The van der Waals surface area contributed by atoms with Crippen LogP contribution in [-0.4, -0.2) is 54.3 Å². The maximum atomic E-state index is 13.6. The Morgan fingerprint density at radius 2 is 1.90 bits per heavy atom. The summed E-state index contributed by atoms with van der Waals surface area (Å²) in [5.74, 6) is -1.73. The molecule has 1 unspecified atom stereocenters. The molecule has 2 rings (SSSR count). The first-order valence-electron chi connectivity index (χ1n) is 7.46. The van der Waals surface area contributed by atoms with Crippen molar-refractivity contribution in [2.45, 2.75) is 26.3 Å². The molecule has 0 amide bonds. The van der Waals surface area contributed by atoms with Crippen LogP contribution in [0, 0.1) is 11.6 Å². The molecule has 0 saturated carbocycles. The van der Waals surface area contributed by atoms with Crippen molar-refractivity contribution in [3.8, 4) is 0 Å². The number of carbonyl (C=O) groups excluding carboxylic acids is 1. The van der Waals surface area contributed by atoms with Gasteiger partial charge in [0.1, 0.15) is 11.6 Å². The van der Waals surface area contributed by atoms with Gasteiger partial charge in [-0.15, -0.1) is 0 Å². The molecule has 21 heavy (non-hydrogen) atoms. The number of hydrogen-bond acceptors (Lipinski definition) is 3. The van der Waals surface area contributed by atoms with Gasteiger partial charge in [-0.25, -0.2) is 8.78 Å². The summed E-state index contributed by atoms with van der Waals surface area (Å²) in [7, 11) is 0. The number of ketones is 1. The summed E-state index contributed by atoms with van der Waals surface area (Å²) in [4.78, 5) is 16.5. The zero-order valence-corrected chi connectivity index (χ0v) is 12.6. The van der Waals surface area contributed by atoms with E-state index in [2.05, 4.69) is 18.7 Å². The Bertz CT molecular complexity index is 499. The third-order valence-electron chi connectivity index (χ3n) is 4.22. The quantitative estimate of drug-likeness (QED) is 0.780. The Morgan fingerprint density at radius 3 is 2.48 bits per heavy atom. The number of piperazine rings is 1. The van der Waals surface area contributed by atoms with Crippen LogP contribution in [0.2, 0.25) is 0 Å². The van der Waals surface area contributed by atoms with E-state index in [0.29, 0.717) is 6.04 Å². The maximum absolute atomic E-state index is 13.6. The number of Topliss-reactive ketones (excluding diaryl/α,β-unsaturated/α-hetero) is 1. The fourth-order valence-corrected chi connectivity index (χ4v) is 2.62. The summed E-state index contributed by atoms with van der Waals surface area (Å²) in [5.41, 5.74) is -0.0271. The molecule has 1 aromatic carbocycles. The number of rotatable bonds is 5. The first-order valence-corrected chi connectivity index (χ1v) is 7.46. The second-order valence-electron chi connectivity index (χ2n) is 5.62. The van der Waals surface area contributed by atoms with Gasteiger partial charge in [-0.2, -0.15) is 0 Å². The molecule has 1 aliphatic heterocycles. The first kappa shape index (κ1) is 16.0. The predicted molar refractivity (Wildman–Crippen MR) is 78.5 cm³/mol. The Hall–Kier alpha value is -1.33. The van der Waals surface area contributed by atoms with Gasteiger partial charge in [0.25, 0.3) is 0 Å². The van der Waals surface area contributed by atoms with Crippen molar-refractivity contribution < 1.29 is 13.6 Å². The van der Waals surface area contributed by atoms with Gasteiger partial charge < -0.3 is 0 Å². The molecule has 1 saturated heterocycles. The Morgan fingerprint density at radius 1 is 1.24 bits per heavy atom. The summed E-state index contributed by atoms with van der Waals surface area (Å²) >= 11 is 0. The summed E-state index contributed by atoms with van der Waals surface area (Å²) in [6.07, 6.45) is 1.11. The number of hydrogen-bond donors (Lipinski definition) is 0. The van der Waals surface area contributed by atoms with E-state index in [0.717, 1.165) is 44.7 Å². The lowest BCUT2D eigenvalue weighted by Crippen LogP contribution is -2.50. The molecule has 1 heterocycles. The van der Waals surface area contributed by atoms with Crippen LogP contribution < -0.4 is 0 Å². The molecule has 0 radical (unpaired) electrons. The fraction of sp³-hybridized carbons (Fsp3) is 0.562. The van der Waals surface area contributed by atoms with Gasteiger partial charge in [0.05, 0.1) is 12.1 Å². The van der Waals surface area contributed by atoms with E-state index in [4.69, 9.17) is 0 Å². The Kier molecular flexibility index (Phi) is 5.42. The zero-order valence-electron chi connectivity index (χ0n) is 12.6. The highest BCUT2D eigenvalue weighted by Gasteiger charge is 2.22. The van der Waals surface area contributed by atoms with E-state index in [1.54, 1.807) is 0 Å². The van der Waals surface area contributed by atoms with Crippen LogP contribution in [0.4, 0.5) is 8.78 Å². The van der Waals surface area contributed by atoms with Crippen molar-refractivity contribution in [2.75, 3.05) is 32.7 Å². The number of benzene rings is 1. The van der Waals surface area contributed by atoms with Crippen LogP contribution in [0.15, 0.2) is 18.2 Å². The fourth-order valence-electron chi connectivity index (χ4n) is 2.62. The average molecular weight is 296 g/mol. The second kappa shape index (κ2) is 7.09. The van der Waals surface area contributed by atoms with Gasteiger partial charge in [-0.3, -0.25) is 14.6 Å². The summed E-state index contributed by atoms with van der Waals surface area (Å²) in [6, 6.07) is 3.66. The van der Waals surface area contributed by atoms with E-state index in [9.17, 15) is 13.6 Å². The largest absolute Gasteiger partial charge is 0.298 e. The minimum atomic E-state index is -0.779. The van der Waals surface area contributed by atoms with Gasteiger partial charge >= 0.3 is 0 Å². The van der Waals surface area contributed by atoms with Crippen molar-refractivity contribution >= 4 is 5.78 Å². The van der Waals surface area contributed by atoms with E-state index in [-0.39, 0.29) is 17.9 Å². The van der Waals surface area contributed by atoms with Crippen molar-refractivity contribution in [2.24, 2.45) is 0 Å². The molecule has 0 aromatic heterocycles. The van der Waals surface area contributed by atoms with Crippen LogP contribution in [0.25, 0.3) is 0 Å². The van der Waals surface area contributed by atoms with Gasteiger partial charge in [0, 0.05) is 38.3 Å². The van der Waals surface area contributed by atoms with Crippen molar-refractivity contribution in [1.29, 1.82) is 0 Å². The van der Waals surface area contributed by atoms with E-state index in [1.807, 2.05) is 4.90 Å². The van der Waals surface area contributed by atoms with E-state index in [1.165, 1.54) is 6.07 Å². The van der Waals surface area contributed by atoms with E-state index < -0.39 is 11.6 Å². The topological polar surface area (TPSA) is 23.6 Å². The van der Waals surface area contributed by atoms with Crippen LogP contribution in [0.5, 0.6) is 0 Å². The van der Waals surface area contributed by atoms with E-state index >= 15 is 0 Å². The third kappa shape index (κ3) is 4.08. The standard InChI is InChI=1S/C16H22F2N2O/c1-3-12(2)20-8-6-19(7-9-20)11-16(21)14-5-4-13(17)10-15(14)18/h4-5,10,12H,3,6-9,11H2,1-2H3. The molecule has 116 valence electrons. The predicted octanol–water partition coefficient (Wildman–Crippen LogP) is 2.56. The molecular formula is C16H22F2N2O. The molecule has 0 spiro atoms. The Balaban J connectivity index is 1.90. The summed E-state index contributed by atoms with van der Waals surface area (Å²) in [6.45, 7) is 8.02. The molecule has 0 aliphatic carbocycles. The molecule has 0 bridgehead atoms. The molecule has 0 N–H and O–H groups in total. The lowest BCUT2D eigenvalue weighted by Gasteiger charge is -2.37. The summed E-state index contributed by atoms with van der Waals surface area (Å²) in [5, 5.41) is 0. The lowest BCUT2D eigenvalue weighted by atomic mass is 10.1. The molecule has 3 nitrogen and oxygen atoms in total. The highest BCUT2D eigenvalue weighted by Crippen LogP contribution is 2.13. The maximum Gasteiger partial charge on any atom is 0.179 e. The van der Waals surface area contributed by atoms with Crippen molar-refractivity contribution in [1.82, 2.24) is 9.80 Å². The minimum Gasteiger partial charge on any atom is -0.298 e. The molecule has 1 aliphatic rings. The highest BCUT2D eigenvalue weighted by atomic mass is 19.1. The third-order valence-corrected chi connectivity index (χ3v) is 4.22. The van der Waals surface area contributed by atoms with Crippen molar-refractivity contribution in [3.63, 3.8) is 0 Å². The monoisotopic (exact) mass is 296 g/mol. The number of nitrogens with zero attached hydrogens (tertiary/aromatic N) is 2. The smallest absolute Gasteiger partial charge is 0.179 e. The molecule has 5 heteroatoms. The number of carbonyl (C=O) groups is 1. The minimum absolute atomic E-state index is 0.0271. The van der Waals surface area contributed by atoms with Crippen LogP contribution in [-0.2, 0) is 0 Å². The second-order valence-corrected chi connectivity index (χ2v) is 5.62. The lowest BCUT2D eigenvalue weighted by molar-refractivity contribution is 0.0781. The number of halogens is 2. The van der Waals surface area contributed by atoms with Crippen LogP contribution in [0.1, 0.15) is 30.6 Å². The normalized spacial score (nSPS) is 18.7. The van der Waals surface area contributed by atoms with Crippen LogP contribution >= 0.6 is 0 Å². The van der Waals surface area contributed by atoms with Gasteiger partial charge in [0.15, 0.2) is 5.78 Å². The SMILES string of the molecule is CCC(C)N1CCN(CC(=O)c2ccc(F)cc2F)CC1. The zero-order chi connectivity index (χ0) is 15.4. The summed E-state index contributed by atoms with van der Waals surface area (Å²) < 4.78 is 26.4. The Labute approximate surface area is 124 Å².